The molecule has 1 saturated heterocycles. The van der Waals surface area contributed by atoms with Crippen LogP contribution in [-0.2, 0) is 10.0 Å². The summed E-state index contributed by atoms with van der Waals surface area (Å²) in [6, 6.07) is 4.19. The molecule has 8 nitrogen and oxygen atoms in total. The van der Waals surface area contributed by atoms with E-state index in [0.717, 1.165) is 51.9 Å². The molecule has 162 valence electrons. The normalized spacial score (nSPS) is 21.0. The molecule has 1 amide bonds. The van der Waals surface area contributed by atoms with Crippen molar-refractivity contribution < 1.29 is 17.9 Å². The van der Waals surface area contributed by atoms with Crippen LogP contribution in [0.1, 0.15) is 42.5 Å². The van der Waals surface area contributed by atoms with Crippen molar-refractivity contribution in [2.45, 2.75) is 42.5 Å². The second kappa shape index (κ2) is 8.99. The quantitative estimate of drug-likeness (QED) is 0.677. The van der Waals surface area contributed by atoms with Crippen LogP contribution in [0.2, 0.25) is 0 Å². The number of hydrogen-bond acceptors (Lipinski definition) is 6. The van der Waals surface area contributed by atoms with Crippen molar-refractivity contribution in [1.82, 2.24) is 14.5 Å². The number of nitrogens with one attached hydrogen (secondary N) is 1. The van der Waals surface area contributed by atoms with Crippen molar-refractivity contribution >= 4 is 15.9 Å². The second-order valence-electron chi connectivity index (χ2n) is 8.13. The smallest absolute Gasteiger partial charge is 0.252 e. The lowest BCUT2D eigenvalue weighted by Gasteiger charge is -2.49. The van der Waals surface area contributed by atoms with Gasteiger partial charge >= 0.3 is 0 Å². The van der Waals surface area contributed by atoms with E-state index in [1.165, 1.54) is 31.7 Å². The number of sulfonamides is 1. The van der Waals surface area contributed by atoms with Gasteiger partial charge in [0.15, 0.2) is 0 Å². The van der Waals surface area contributed by atoms with Gasteiger partial charge in [-0.25, -0.2) is 13.1 Å². The molecule has 9 heteroatoms. The van der Waals surface area contributed by atoms with Gasteiger partial charge in [0.1, 0.15) is 5.75 Å². The molecule has 0 aromatic heterocycles. The second-order valence-corrected chi connectivity index (χ2v) is 9.89. The summed E-state index contributed by atoms with van der Waals surface area (Å²) in [5.74, 6) is -0.460. The Labute approximate surface area is 173 Å². The molecule has 29 heavy (non-hydrogen) atoms. The van der Waals surface area contributed by atoms with E-state index in [4.69, 9.17) is 10.5 Å². The molecular weight excluding hydrogens is 392 g/mol. The molecule has 1 aliphatic carbocycles. The number of hydrogen-bond donors (Lipinski definition) is 2. The number of carbonyl (C=O) groups is 1. The Bertz CT molecular complexity index is 829. The van der Waals surface area contributed by atoms with Crippen LogP contribution in [0.15, 0.2) is 23.1 Å². The minimum Gasteiger partial charge on any atom is -0.496 e. The van der Waals surface area contributed by atoms with Gasteiger partial charge in [0.25, 0.3) is 5.91 Å². The fourth-order valence-corrected chi connectivity index (χ4v) is 5.60. The van der Waals surface area contributed by atoms with Crippen LogP contribution in [0.5, 0.6) is 5.75 Å². The minimum absolute atomic E-state index is 0.0245. The molecule has 2 aliphatic rings. The number of rotatable bonds is 7. The lowest BCUT2D eigenvalue weighted by molar-refractivity contribution is 0.0171. The van der Waals surface area contributed by atoms with E-state index in [1.807, 2.05) is 0 Å². The first kappa shape index (κ1) is 22.0. The van der Waals surface area contributed by atoms with E-state index >= 15 is 0 Å². The number of amides is 1. The van der Waals surface area contributed by atoms with Crippen LogP contribution in [-0.4, -0.2) is 76.5 Å². The molecule has 0 unspecified atom stereocenters. The van der Waals surface area contributed by atoms with Crippen LogP contribution >= 0.6 is 0 Å². The number of ether oxygens (including phenoxy) is 1. The average molecular weight is 425 g/mol. The van der Waals surface area contributed by atoms with Crippen molar-refractivity contribution in [2.24, 2.45) is 5.73 Å². The molecule has 0 spiro atoms. The summed E-state index contributed by atoms with van der Waals surface area (Å²) in [4.78, 5) is 16.5. The summed E-state index contributed by atoms with van der Waals surface area (Å²) in [6.45, 7) is 4.26. The van der Waals surface area contributed by atoms with Crippen LogP contribution in [0.4, 0.5) is 0 Å². The van der Waals surface area contributed by atoms with Crippen LogP contribution in [0.3, 0.4) is 0 Å². The molecule has 0 radical (unpaired) electrons. The standard InChI is InChI=1S/C20H32N4O4S/c1-23-10-12-24(13-11-23)20(8-4-3-5-9-20)15-22-29(26,27)16-6-7-18(28-2)17(14-16)19(21)25/h6-7,14,22H,3-5,8-13,15H2,1-2H3,(H2,21,25). The van der Waals surface area contributed by atoms with Gasteiger partial charge in [-0.05, 0) is 38.1 Å². The number of primary amides is 1. The Hall–Kier alpha value is -1.68. The van der Waals surface area contributed by atoms with Crippen LogP contribution < -0.4 is 15.2 Å². The number of carbonyl (C=O) groups excluding carboxylic acids is 1. The Kier molecular flexibility index (Phi) is 6.83. The van der Waals surface area contributed by atoms with Gasteiger partial charge in [0, 0.05) is 38.3 Å². The number of likely N-dealkylation sites (N-methyl/N-ethyl adjacent to an activating group) is 1. The third-order valence-corrected chi connectivity index (χ3v) is 7.70. The maximum absolute atomic E-state index is 13.0. The van der Waals surface area contributed by atoms with E-state index in [-0.39, 0.29) is 21.7 Å². The molecule has 1 aromatic carbocycles. The molecule has 2 fully saturated rings. The van der Waals surface area contributed by atoms with E-state index in [2.05, 4.69) is 21.6 Å². The molecule has 1 aliphatic heterocycles. The molecule has 1 saturated carbocycles. The van der Waals surface area contributed by atoms with E-state index in [0.29, 0.717) is 6.54 Å². The molecule has 1 aromatic rings. The SMILES string of the molecule is COc1ccc(S(=O)(=O)NCC2(N3CCN(C)CC3)CCCCC2)cc1C(N)=O. The fourth-order valence-electron chi connectivity index (χ4n) is 4.45. The summed E-state index contributed by atoms with van der Waals surface area (Å²) in [7, 11) is -0.246. The summed E-state index contributed by atoms with van der Waals surface area (Å²) in [5.41, 5.74) is 5.29. The van der Waals surface area contributed by atoms with Crippen molar-refractivity contribution in [3.8, 4) is 5.75 Å². The van der Waals surface area contributed by atoms with Crippen molar-refractivity contribution in [2.75, 3.05) is 46.9 Å². The largest absolute Gasteiger partial charge is 0.496 e. The lowest BCUT2D eigenvalue weighted by atomic mass is 9.80. The summed E-state index contributed by atoms with van der Waals surface area (Å²) >= 11 is 0. The van der Waals surface area contributed by atoms with E-state index in [1.54, 1.807) is 0 Å². The maximum Gasteiger partial charge on any atom is 0.252 e. The zero-order valence-corrected chi connectivity index (χ0v) is 18.1. The van der Waals surface area contributed by atoms with Gasteiger partial charge < -0.3 is 15.4 Å². The monoisotopic (exact) mass is 424 g/mol. The Morgan fingerprint density at radius 2 is 1.83 bits per heavy atom. The maximum atomic E-state index is 13.0. The Morgan fingerprint density at radius 3 is 2.41 bits per heavy atom. The zero-order valence-electron chi connectivity index (χ0n) is 17.3. The van der Waals surface area contributed by atoms with Gasteiger partial charge in [-0.1, -0.05) is 19.3 Å². The van der Waals surface area contributed by atoms with Crippen LogP contribution in [0.25, 0.3) is 0 Å². The van der Waals surface area contributed by atoms with E-state index < -0.39 is 15.9 Å². The summed E-state index contributed by atoms with van der Waals surface area (Å²) in [5, 5.41) is 0. The first-order valence-corrected chi connectivity index (χ1v) is 11.7. The number of nitrogens with zero attached hydrogens (tertiary/aromatic N) is 2. The van der Waals surface area contributed by atoms with Gasteiger partial charge in [-0.15, -0.1) is 0 Å². The zero-order chi connectivity index (χ0) is 21.1. The van der Waals surface area contributed by atoms with Gasteiger partial charge in [-0.3, -0.25) is 9.69 Å². The molecular formula is C20H32N4O4S. The average Bonchev–Trinajstić information content (AvgIpc) is 2.73. The minimum atomic E-state index is -3.78. The highest BCUT2D eigenvalue weighted by Gasteiger charge is 2.39. The predicted molar refractivity (Wildman–Crippen MR) is 112 cm³/mol. The van der Waals surface area contributed by atoms with Crippen LogP contribution in [0, 0.1) is 0 Å². The molecule has 1 heterocycles. The van der Waals surface area contributed by atoms with Crippen molar-refractivity contribution in [1.29, 1.82) is 0 Å². The molecule has 0 bridgehead atoms. The van der Waals surface area contributed by atoms with Crippen molar-refractivity contribution in [3.63, 3.8) is 0 Å². The highest BCUT2D eigenvalue weighted by molar-refractivity contribution is 7.89. The van der Waals surface area contributed by atoms with Crippen molar-refractivity contribution in [3.05, 3.63) is 23.8 Å². The first-order valence-electron chi connectivity index (χ1n) is 10.2. The summed E-state index contributed by atoms with van der Waals surface area (Å²) < 4.78 is 33.9. The Balaban J connectivity index is 1.80. The Morgan fingerprint density at radius 1 is 1.17 bits per heavy atom. The van der Waals surface area contributed by atoms with Gasteiger partial charge in [0.2, 0.25) is 10.0 Å². The molecule has 3 N–H and O–H groups in total. The van der Waals surface area contributed by atoms with Gasteiger partial charge in [0.05, 0.1) is 17.6 Å². The third-order valence-electron chi connectivity index (χ3n) is 6.30. The topological polar surface area (TPSA) is 105 Å². The number of methoxy groups -OCH3 is 1. The first-order chi connectivity index (χ1) is 13.8. The third kappa shape index (κ3) is 4.91. The van der Waals surface area contributed by atoms with E-state index in [9.17, 15) is 13.2 Å². The fraction of sp³-hybridized carbons (Fsp3) is 0.650. The lowest BCUT2D eigenvalue weighted by Crippen LogP contribution is -2.61. The number of benzene rings is 1. The molecule has 3 rings (SSSR count). The highest BCUT2D eigenvalue weighted by Crippen LogP contribution is 2.34. The predicted octanol–water partition coefficient (Wildman–Crippen LogP) is 1.02. The number of piperazine rings is 1. The number of nitrogens with two attached hydrogens (primary N) is 1. The molecule has 0 atom stereocenters. The highest BCUT2D eigenvalue weighted by atomic mass is 32.2. The van der Waals surface area contributed by atoms with Gasteiger partial charge in [-0.2, -0.15) is 0 Å². The summed E-state index contributed by atoms with van der Waals surface area (Å²) in [6.07, 6.45) is 5.41.